The van der Waals surface area contributed by atoms with E-state index in [1.54, 1.807) is 14.7 Å². The SMILES string of the molecule is CC(C)COC(=O)N1CCCN(C(=O)CCC(=O)N(CCC#N)c2ccccc2)CC1. The van der Waals surface area contributed by atoms with E-state index < -0.39 is 0 Å². The van der Waals surface area contributed by atoms with Crippen molar-refractivity contribution in [3.8, 4) is 6.07 Å². The van der Waals surface area contributed by atoms with E-state index in [0.29, 0.717) is 45.8 Å². The van der Waals surface area contributed by atoms with E-state index in [1.165, 1.54) is 0 Å². The maximum Gasteiger partial charge on any atom is 0.409 e. The van der Waals surface area contributed by atoms with E-state index in [9.17, 15) is 14.4 Å². The van der Waals surface area contributed by atoms with Crippen molar-refractivity contribution in [2.24, 2.45) is 5.92 Å². The Bertz CT molecular complexity index is 776. The summed E-state index contributed by atoms with van der Waals surface area (Å²) in [5.41, 5.74) is 0.723. The van der Waals surface area contributed by atoms with E-state index in [2.05, 4.69) is 6.07 Å². The zero-order valence-corrected chi connectivity index (χ0v) is 18.5. The number of para-hydroxylation sites is 1. The molecule has 1 fully saturated rings. The molecule has 31 heavy (non-hydrogen) atoms. The van der Waals surface area contributed by atoms with Gasteiger partial charge in [0, 0.05) is 51.3 Å². The lowest BCUT2D eigenvalue weighted by Crippen LogP contribution is -2.38. The predicted octanol–water partition coefficient (Wildman–Crippen LogP) is 3.04. The molecule has 0 unspecified atom stereocenters. The summed E-state index contributed by atoms with van der Waals surface area (Å²) in [5, 5.41) is 8.89. The summed E-state index contributed by atoms with van der Waals surface area (Å²) < 4.78 is 5.28. The molecule has 8 heteroatoms. The largest absolute Gasteiger partial charge is 0.449 e. The lowest BCUT2D eigenvalue weighted by Gasteiger charge is -2.24. The zero-order chi connectivity index (χ0) is 22.6. The van der Waals surface area contributed by atoms with Gasteiger partial charge in [0.25, 0.3) is 0 Å². The number of anilines is 1. The van der Waals surface area contributed by atoms with Crippen LogP contribution in [0.1, 0.15) is 39.5 Å². The second-order valence-electron chi connectivity index (χ2n) is 7.98. The molecule has 1 heterocycles. The van der Waals surface area contributed by atoms with Crippen LogP contribution in [0.3, 0.4) is 0 Å². The Morgan fingerprint density at radius 1 is 1.06 bits per heavy atom. The number of nitriles is 1. The minimum atomic E-state index is -0.339. The van der Waals surface area contributed by atoms with Gasteiger partial charge in [-0.05, 0) is 24.5 Å². The normalized spacial score (nSPS) is 14.0. The molecule has 1 aliphatic heterocycles. The van der Waals surface area contributed by atoms with Crippen LogP contribution in [0.25, 0.3) is 0 Å². The van der Waals surface area contributed by atoms with Crippen LogP contribution in [-0.4, -0.2) is 67.0 Å². The Kier molecular flexibility index (Phi) is 9.82. The van der Waals surface area contributed by atoms with Crippen LogP contribution in [0.5, 0.6) is 0 Å². The van der Waals surface area contributed by atoms with Crippen molar-refractivity contribution in [1.29, 1.82) is 5.26 Å². The van der Waals surface area contributed by atoms with Gasteiger partial charge in [0.05, 0.1) is 19.1 Å². The number of hydrogen-bond acceptors (Lipinski definition) is 5. The fourth-order valence-electron chi connectivity index (χ4n) is 3.35. The van der Waals surface area contributed by atoms with Crippen molar-refractivity contribution in [2.45, 2.75) is 39.5 Å². The van der Waals surface area contributed by atoms with Gasteiger partial charge in [-0.1, -0.05) is 32.0 Å². The van der Waals surface area contributed by atoms with Crippen molar-refractivity contribution in [1.82, 2.24) is 9.80 Å². The van der Waals surface area contributed by atoms with E-state index in [1.807, 2.05) is 44.2 Å². The highest BCUT2D eigenvalue weighted by Crippen LogP contribution is 2.16. The molecule has 8 nitrogen and oxygen atoms in total. The fourth-order valence-corrected chi connectivity index (χ4v) is 3.35. The topological polar surface area (TPSA) is 93.9 Å². The van der Waals surface area contributed by atoms with Gasteiger partial charge in [0.1, 0.15) is 0 Å². The summed E-state index contributed by atoms with van der Waals surface area (Å²) >= 11 is 0. The summed E-state index contributed by atoms with van der Waals surface area (Å²) in [6.45, 7) is 6.60. The molecule has 3 amide bonds. The van der Waals surface area contributed by atoms with E-state index in [-0.39, 0.29) is 43.1 Å². The minimum Gasteiger partial charge on any atom is -0.449 e. The highest BCUT2D eigenvalue weighted by atomic mass is 16.6. The van der Waals surface area contributed by atoms with Crippen molar-refractivity contribution in [2.75, 3.05) is 44.2 Å². The van der Waals surface area contributed by atoms with Crippen molar-refractivity contribution >= 4 is 23.6 Å². The third kappa shape index (κ3) is 7.93. The number of nitrogens with zero attached hydrogens (tertiary/aromatic N) is 4. The van der Waals surface area contributed by atoms with Crippen LogP contribution in [0.15, 0.2) is 30.3 Å². The Balaban J connectivity index is 1.86. The second kappa shape index (κ2) is 12.6. The first-order valence-corrected chi connectivity index (χ1v) is 10.8. The molecule has 0 radical (unpaired) electrons. The second-order valence-corrected chi connectivity index (χ2v) is 7.98. The number of amides is 3. The molecular formula is C23H32N4O4. The Hall–Kier alpha value is -3.08. The molecule has 1 aliphatic rings. The first-order chi connectivity index (χ1) is 14.9. The molecule has 0 aliphatic carbocycles. The third-order valence-corrected chi connectivity index (χ3v) is 5.02. The van der Waals surface area contributed by atoms with Gasteiger partial charge in [0.2, 0.25) is 11.8 Å². The molecule has 2 rings (SSSR count). The maximum absolute atomic E-state index is 12.7. The number of carbonyl (C=O) groups excluding carboxylic acids is 3. The van der Waals surface area contributed by atoms with Gasteiger partial charge in [-0.25, -0.2) is 4.79 Å². The highest BCUT2D eigenvalue weighted by molar-refractivity contribution is 5.95. The van der Waals surface area contributed by atoms with Gasteiger partial charge in [0.15, 0.2) is 0 Å². The third-order valence-electron chi connectivity index (χ3n) is 5.02. The Labute approximate surface area is 184 Å². The van der Waals surface area contributed by atoms with Crippen LogP contribution in [0, 0.1) is 17.2 Å². The summed E-state index contributed by atoms with van der Waals surface area (Å²) in [4.78, 5) is 42.5. The van der Waals surface area contributed by atoms with Crippen LogP contribution in [0.2, 0.25) is 0 Å². The molecule has 168 valence electrons. The average molecular weight is 429 g/mol. The molecule has 1 saturated heterocycles. The van der Waals surface area contributed by atoms with Crippen LogP contribution < -0.4 is 4.90 Å². The van der Waals surface area contributed by atoms with E-state index in [4.69, 9.17) is 10.00 Å². The lowest BCUT2D eigenvalue weighted by molar-refractivity contribution is -0.133. The molecule has 1 aromatic carbocycles. The molecule has 0 saturated carbocycles. The molecule has 0 spiro atoms. The Morgan fingerprint density at radius 3 is 2.42 bits per heavy atom. The van der Waals surface area contributed by atoms with Gasteiger partial charge >= 0.3 is 6.09 Å². The molecule has 0 N–H and O–H groups in total. The van der Waals surface area contributed by atoms with Gasteiger partial charge in [-0.3, -0.25) is 9.59 Å². The van der Waals surface area contributed by atoms with Gasteiger partial charge in [-0.2, -0.15) is 5.26 Å². The molecular weight excluding hydrogens is 396 g/mol. The summed E-state index contributed by atoms with van der Waals surface area (Å²) in [6, 6.07) is 11.2. The maximum atomic E-state index is 12.7. The van der Waals surface area contributed by atoms with Gasteiger partial charge in [-0.15, -0.1) is 0 Å². The van der Waals surface area contributed by atoms with Crippen molar-refractivity contribution < 1.29 is 19.1 Å². The first-order valence-electron chi connectivity index (χ1n) is 10.8. The summed E-state index contributed by atoms with van der Waals surface area (Å²) in [7, 11) is 0. The molecule has 0 bridgehead atoms. The quantitative estimate of drug-likeness (QED) is 0.634. The minimum absolute atomic E-state index is 0.0792. The fraction of sp³-hybridized carbons (Fsp3) is 0.565. The van der Waals surface area contributed by atoms with E-state index >= 15 is 0 Å². The zero-order valence-electron chi connectivity index (χ0n) is 18.5. The number of ether oxygens (including phenoxy) is 1. The van der Waals surface area contributed by atoms with Crippen molar-refractivity contribution in [3.05, 3.63) is 30.3 Å². The first kappa shape index (κ1) is 24.2. The van der Waals surface area contributed by atoms with Crippen LogP contribution in [-0.2, 0) is 14.3 Å². The van der Waals surface area contributed by atoms with Crippen LogP contribution in [0.4, 0.5) is 10.5 Å². The number of benzene rings is 1. The highest BCUT2D eigenvalue weighted by Gasteiger charge is 2.24. The number of hydrogen-bond donors (Lipinski definition) is 0. The molecule has 0 atom stereocenters. The number of rotatable bonds is 8. The average Bonchev–Trinajstić information content (AvgIpc) is 3.03. The molecule has 0 aromatic heterocycles. The summed E-state index contributed by atoms with van der Waals surface area (Å²) in [5.74, 6) is -0.00212. The lowest BCUT2D eigenvalue weighted by atomic mass is 10.2. The predicted molar refractivity (Wildman–Crippen MR) is 117 cm³/mol. The molecule has 1 aromatic rings. The Morgan fingerprint density at radius 2 is 1.74 bits per heavy atom. The van der Waals surface area contributed by atoms with Crippen LogP contribution >= 0.6 is 0 Å². The number of carbonyl (C=O) groups is 3. The van der Waals surface area contributed by atoms with Gasteiger partial charge < -0.3 is 19.4 Å². The van der Waals surface area contributed by atoms with Crippen molar-refractivity contribution in [3.63, 3.8) is 0 Å². The smallest absolute Gasteiger partial charge is 0.409 e. The standard InChI is InChI=1S/C23H32N4O4/c1-19(2)18-31-23(30)26-14-7-13-25(16-17-26)21(28)10-11-22(29)27(15-6-12-24)20-8-4-3-5-9-20/h3-5,8-9,19H,6-7,10-11,13-18H2,1-2H3. The van der Waals surface area contributed by atoms with E-state index in [0.717, 1.165) is 5.69 Å². The monoisotopic (exact) mass is 428 g/mol. The summed E-state index contributed by atoms with van der Waals surface area (Å²) in [6.07, 6.45) is 0.745.